The standard InChI is InChI=1S/C15H19ClFNO2/c16-13-7-3-5-11(14(13)17)9-18-8-10-4-1-2-6-12(10)15(19)20/h3,5,7,10,12,18H,1-2,4,6,8-9H2,(H,19,20). The van der Waals surface area contributed by atoms with Crippen molar-refractivity contribution in [2.75, 3.05) is 6.54 Å². The van der Waals surface area contributed by atoms with E-state index in [4.69, 9.17) is 11.6 Å². The zero-order chi connectivity index (χ0) is 14.5. The number of carboxylic acid groups (broad SMARTS) is 1. The summed E-state index contributed by atoms with van der Waals surface area (Å²) >= 11 is 5.73. The maximum Gasteiger partial charge on any atom is 0.306 e. The molecule has 1 aromatic carbocycles. The summed E-state index contributed by atoms with van der Waals surface area (Å²) in [4.78, 5) is 11.2. The number of carbonyl (C=O) groups is 1. The molecule has 1 aliphatic carbocycles. The van der Waals surface area contributed by atoms with E-state index < -0.39 is 11.8 Å². The second-order valence-corrected chi connectivity index (χ2v) is 5.74. The monoisotopic (exact) mass is 299 g/mol. The highest BCUT2D eigenvalue weighted by Gasteiger charge is 2.30. The quantitative estimate of drug-likeness (QED) is 0.875. The fourth-order valence-corrected chi connectivity index (χ4v) is 3.05. The molecule has 1 fully saturated rings. The van der Waals surface area contributed by atoms with Gasteiger partial charge in [0, 0.05) is 12.1 Å². The average Bonchev–Trinajstić information content (AvgIpc) is 2.44. The Morgan fingerprint density at radius 3 is 2.90 bits per heavy atom. The van der Waals surface area contributed by atoms with Crippen molar-refractivity contribution in [3.8, 4) is 0 Å². The van der Waals surface area contributed by atoms with Gasteiger partial charge in [0.05, 0.1) is 10.9 Å². The molecule has 1 aromatic rings. The van der Waals surface area contributed by atoms with Gasteiger partial charge in [-0.25, -0.2) is 4.39 Å². The van der Waals surface area contributed by atoms with Gasteiger partial charge in [0.15, 0.2) is 0 Å². The molecule has 5 heteroatoms. The van der Waals surface area contributed by atoms with E-state index in [-0.39, 0.29) is 16.9 Å². The number of hydrogen-bond donors (Lipinski definition) is 2. The predicted molar refractivity (Wildman–Crippen MR) is 76.2 cm³/mol. The van der Waals surface area contributed by atoms with Gasteiger partial charge >= 0.3 is 5.97 Å². The van der Waals surface area contributed by atoms with Crippen molar-refractivity contribution in [1.29, 1.82) is 0 Å². The van der Waals surface area contributed by atoms with Gasteiger partial charge in [-0.15, -0.1) is 0 Å². The molecule has 0 spiro atoms. The molecule has 2 atom stereocenters. The molecule has 110 valence electrons. The van der Waals surface area contributed by atoms with Crippen LogP contribution in [0.2, 0.25) is 5.02 Å². The number of rotatable bonds is 5. The van der Waals surface area contributed by atoms with Crippen molar-refractivity contribution >= 4 is 17.6 Å². The molecule has 2 unspecified atom stereocenters. The van der Waals surface area contributed by atoms with Crippen molar-refractivity contribution in [1.82, 2.24) is 5.32 Å². The van der Waals surface area contributed by atoms with Crippen LogP contribution in [-0.4, -0.2) is 17.6 Å². The minimum absolute atomic E-state index is 0.116. The highest BCUT2D eigenvalue weighted by molar-refractivity contribution is 6.30. The molecular formula is C15H19ClFNO2. The van der Waals surface area contributed by atoms with Crippen molar-refractivity contribution in [3.63, 3.8) is 0 Å². The van der Waals surface area contributed by atoms with Crippen LogP contribution in [0.5, 0.6) is 0 Å². The first kappa shape index (κ1) is 15.3. The van der Waals surface area contributed by atoms with E-state index in [0.29, 0.717) is 18.7 Å². The average molecular weight is 300 g/mol. The third kappa shape index (κ3) is 3.70. The predicted octanol–water partition coefficient (Wildman–Crippen LogP) is 3.46. The van der Waals surface area contributed by atoms with Crippen LogP contribution < -0.4 is 5.32 Å². The largest absolute Gasteiger partial charge is 0.481 e. The van der Waals surface area contributed by atoms with E-state index in [1.165, 1.54) is 6.07 Å². The van der Waals surface area contributed by atoms with E-state index in [0.717, 1.165) is 25.7 Å². The third-order valence-electron chi connectivity index (χ3n) is 3.98. The number of nitrogens with one attached hydrogen (secondary N) is 1. The summed E-state index contributed by atoms with van der Waals surface area (Å²) < 4.78 is 13.7. The van der Waals surface area contributed by atoms with Crippen molar-refractivity contribution < 1.29 is 14.3 Å². The second-order valence-electron chi connectivity index (χ2n) is 5.33. The Morgan fingerprint density at radius 1 is 1.40 bits per heavy atom. The maximum absolute atomic E-state index is 13.7. The first-order valence-corrected chi connectivity index (χ1v) is 7.34. The molecule has 0 bridgehead atoms. The summed E-state index contributed by atoms with van der Waals surface area (Å²) in [5.41, 5.74) is 0.514. The van der Waals surface area contributed by atoms with Crippen LogP contribution >= 0.6 is 11.6 Å². The van der Waals surface area contributed by atoms with Crippen LogP contribution in [0.4, 0.5) is 4.39 Å². The molecule has 20 heavy (non-hydrogen) atoms. The van der Waals surface area contributed by atoms with Gasteiger partial charge in [0.25, 0.3) is 0 Å². The lowest BCUT2D eigenvalue weighted by atomic mass is 9.79. The summed E-state index contributed by atoms with van der Waals surface area (Å²) in [6.45, 7) is 0.970. The molecule has 0 aliphatic heterocycles. The van der Waals surface area contributed by atoms with Crippen LogP contribution in [0.15, 0.2) is 18.2 Å². The van der Waals surface area contributed by atoms with Gasteiger partial charge < -0.3 is 10.4 Å². The molecule has 1 saturated carbocycles. The normalized spacial score (nSPS) is 22.7. The molecule has 0 heterocycles. The minimum Gasteiger partial charge on any atom is -0.481 e. The summed E-state index contributed by atoms with van der Waals surface area (Å²) in [5, 5.41) is 12.5. The molecule has 2 N–H and O–H groups in total. The highest BCUT2D eigenvalue weighted by atomic mass is 35.5. The van der Waals surface area contributed by atoms with Crippen molar-refractivity contribution in [2.45, 2.75) is 32.2 Å². The molecule has 0 amide bonds. The van der Waals surface area contributed by atoms with Gasteiger partial charge in [-0.3, -0.25) is 4.79 Å². The Kier molecular flexibility index (Phi) is 5.38. The lowest BCUT2D eigenvalue weighted by Gasteiger charge is -2.28. The Bertz CT molecular complexity index is 481. The number of benzene rings is 1. The minimum atomic E-state index is -0.717. The Balaban J connectivity index is 1.88. The van der Waals surface area contributed by atoms with Crippen LogP contribution in [0, 0.1) is 17.7 Å². The van der Waals surface area contributed by atoms with Gasteiger partial charge in [-0.2, -0.15) is 0 Å². The number of halogens is 2. The zero-order valence-corrected chi connectivity index (χ0v) is 12.0. The zero-order valence-electron chi connectivity index (χ0n) is 11.2. The molecule has 3 nitrogen and oxygen atoms in total. The fraction of sp³-hybridized carbons (Fsp3) is 0.533. The van der Waals surface area contributed by atoms with Crippen LogP contribution in [0.3, 0.4) is 0 Å². The number of hydrogen-bond acceptors (Lipinski definition) is 2. The van der Waals surface area contributed by atoms with Crippen LogP contribution in [0.1, 0.15) is 31.2 Å². The molecule has 0 saturated heterocycles. The highest BCUT2D eigenvalue weighted by Crippen LogP contribution is 2.29. The third-order valence-corrected chi connectivity index (χ3v) is 4.27. The first-order valence-electron chi connectivity index (χ1n) is 6.96. The van der Waals surface area contributed by atoms with E-state index in [2.05, 4.69) is 5.32 Å². The van der Waals surface area contributed by atoms with Crippen molar-refractivity contribution in [2.24, 2.45) is 11.8 Å². The van der Waals surface area contributed by atoms with Gasteiger partial charge in [0.2, 0.25) is 0 Å². The van der Waals surface area contributed by atoms with Crippen LogP contribution in [-0.2, 0) is 11.3 Å². The fourth-order valence-electron chi connectivity index (χ4n) is 2.85. The Morgan fingerprint density at radius 2 is 2.15 bits per heavy atom. The molecule has 0 radical (unpaired) electrons. The summed E-state index contributed by atoms with van der Waals surface area (Å²) in [6, 6.07) is 4.91. The SMILES string of the molecule is O=C(O)C1CCCCC1CNCc1cccc(Cl)c1F. The van der Waals surface area contributed by atoms with E-state index in [9.17, 15) is 14.3 Å². The topological polar surface area (TPSA) is 49.3 Å². The van der Waals surface area contributed by atoms with Crippen LogP contribution in [0.25, 0.3) is 0 Å². The number of aliphatic carboxylic acids is 1. The second kappa shape index (κ2) is 7.04. The van der Waals surface area contributed by atoms with E-state index in [1.54, 1.807) is 12.1 Å². The van der Waals surface area contributed by atoms with Gasteiger partial charge in [-0.1, -0.05) is 36.6 Å². The van der Waals surface area contributed by atoms with Gasteiger partial charge in [-0.05, 0) is 31.4 Å². The van der Waals surface area contributed by atoms with E-state index in [1.807, 2.05) is 0 Å². The molecule has 1 aliphatic rings. The summed E-state index contributed by atoms with van der Waals surface area (Å²) in [6.07, 6.45) is 3.72. The van der Waals surface area contributed by atoms with E-state index >= 15 is 0 Å². The molecule has 0 aromatic heterocycles. The number of carboxylic acids is 1. The Labute approximate surface area is 123 Å². The summed E-state index contributed by atoms with van der Waals surface area (Å²) in [7, 11) is 0. The smallest absolute Gasteiger partial charge is 0.306 e. The first-order chi connectivity index (χ1) is 9.59. The summed E-state index contributed by atoms with van der Waals surface area (Å²) in [5.74, 6) is -1.27. The Hall–Kier alpha value is -1.13. The van der Waals surface area contributed by atoms with Crippen molar-refractivity contribution in [3.05, 3.63) is 34.6 Å². The lowest BCUT2D eigenvalue weighted by Crippen LogP contribution is -2.34. The lowest BCUT2D eigenvalue weighted by molar-refractivity contribution is -0.144. The van der Waals surface area contributed by atoms with Gasteiger partial charge in [0.1, 0.15) is 5.82 Å². The maximum atomic E-state index is 13.7. The molecule has 2 rings (SSSR count). The molecular weight excluding hydrogens is 281 g/mol.